The number of sulfonamides is 1. The summed E-state index contributed by atoms with van der Waals surface area (Å²) in [5, 5.41) is 3.98. The molecule has 1 unspecified atom stereocenters. The molecule has 0 spiro atoms. The molecule has 0 aromatic heterocycles. The largest absolute Gasteiger partial charge is 0.379 e. The molecule has 1 atom stereocenters. The number of morpholine rings is 1. The van der Waals surface area contributed by atoms with Gasteiger partial charge in [0.15, 0.2) is 5.78 Å². The highest BCUT2D eigenvalue weighted by molar-refractivity contribution is 7.89. The van der Waals surface area contributed by atoms with Crippen molar-refractivity contribution in [1.82, 2.24) is 14.5 Å². The Morgan fingerprint density at radius 1 is 1.09 bits per heavy atom. The van der Waals surface area contributed by atoms with Crippen molar-refractivity contribution in [1.29, 1.82) is 0 Å². The predicted molar refractivity (Wildman–Crippen MR) is 137 cm³/mol. The van der Waals surface area contributed by atoms with Crippen molar-refractivity contribution in [2.24, 2.45) is 5.92 Å². The third-order valence-corrected chi connectivity index (χ3v) is 9.15. The van der Waals surface area contributed by atoms with Crippen LogP contribution in [0.4, 0.5) is 0 Å². The van der Waals surface area contributed by atoms with Crippen LogP contribution >= 0.6 is 11.6 Å². The zero-order chi connectivity index (χ0) is 24.8. The lowest BCUT2D eigenvalue weighted by atomic mass is 10.0. The van der Waals surface area contributed by atoms with Crippen molar-refractivity contribution < 1.29 is 17.9 Å². The summed E-state index contributed by atoms with van der Waals surface area (Å²) in [6.07, 6.45) is 1.72. The molecule has 2 aromatic rings. The highest BCUT2D eigenvalue weighted by atomic mass is 35.5. The molecule has 0 aliphatic carbocycles. The number of hydrogen-bond acceptors (Lipinski definition) is 6. The average molecular weight is 520 g/mol. The number of benzene rings is 2. The standard InChI is InChI=1S/C26H34ClN3O4S/c1-20-9-11-30(12-10-20)35(32,33)22-6-4-5-21(17-22)26(31)19-28-18-25(29-13-15-34-16-14-29)23-7-2-3-8-24(23)27/h2-8,17,20,25,28H,9-16,18-19H2,1H3. The molecule has 35 heavy (non-hydrogen) atoms. The molecule has 4 rings (SSSR count). The third kappa shape index (κ3) is 6.50. The molecule has 0 amide bonds. The molecular formula is C26H34ClN3O4S. The number of rotatable bonds is 9. The van der Waals surface area contributed by atoms with Crippen LogP contribution in [-0.2, 0) is 14.8 Å². The molecule has 2 aromatic carbocycles. The van der Waals surface area contributed by atoms with E-state index in [0.29, 0.717) is 49.4 Å². The molecule has 2 aliphatic rings. The lowest BCUT2D eigenvalue weighted by Gasteiger charge is -2.35. The second-order valence-corrected chi connectivity index (χ2v) is 11.7. The SMILES string of the molecule is CC1CCN(S(=O)(=O)c2cccc(C(=O)CNCC(c3ccccc3Cl)N3CCOCC3)c2)CC1. The number of nitrogens with one attached hydrogen (secondary N) is 1. The molecule has 2 fully saturated rings. The van der Waals surface area contributed by atoms with E-state index in [1.807, 2.05) is 24.3 Å². The molecule has 0 radical (unpaired) electrons. The number of hydrogen-bond donors (Lipinski definition) is 1. The third-order valence-electron chi connectivity index (χ3n) is 6.91. The first-order chi connectivity index (χ1) is 16.9. The molecule has 0 saturated carbocycles. The zero-order valence-electron chi connectivity index (χ0n) is 20.2. The van der Waals surface area contributed by atoms with Crippen molar-refractivity contribution in [3.63, 3.8) is 0 Å². The highest BCUT2D eigenvalue weighted by Crippen LogP contribution is 2.28. The van der Waals surface area contributed by atoms with Crippen LogP contribution < -0.4 is 5.32 Å². The molecule has 9 heteroatoms. The monoisotopic (exact) mass is 519 g/mol. The van der Waals surface area contributed by atoms with E-state index in [9.17, 15) is 13.2 Å². The molecule has 2 heterocycles. The number of halogens is 1. The maximum absolute atomic E-state index is 13.1. The first-order valence-electron chi connectivity index (χ1n) is 12.3. The molecule has 190 valence electrons. The van der Waals surface area contributed by atoms with Gasteiger partial charge in [-0.3, -0.25) is 9.69 Å². The number of ether oxygens (including phenoxy) is 1. The van der Waals surface area contributed by atoms with Gasteiger partial charge < -0.3 is 10.1 Å². The molecule has 2 saturated heterocycles. The summed E-state index contributed by atoms with van der Waals surface area (Å²) >= 11 is 6.49. The van der Waals surface area contributed by atoms with Crippen molar-refractivity contribution in [3.05, 3.63) is 64.7 Å². The second-order valence-electron chi connectivity index (χ2n) is 9.35. The number of nitrogens with zero attached hydrogens (tertiary/aromatic N) is 2. The minimum atomic E-state index is -3.60. The van der Waals surface area contributed by atoms with Crippen molar-refractivity contribution in [2.45, 2.75) is 30.7 Å². The van der Waals surface area contributed by atoms with Gasteiger partial charge >= 0.3 is 0 Å². The maximum atomic E-state index is 13.1. The molecule has 2 aliphatic heterocycles. The summed E-state index contributed by atoms with van der Waals surface area (Å²) in [7, 11) is -3.60. The number of carbonyl (C=O) groups is 1. The van der Waals surface area contributed by atoms with Crippen LogP contribution in [0.5, 0.6) is 0 Å². The fourth-order valence-electron chi connectivity index (χ4n) is 4.70. The van der Waals surface area contributed by atoms with Gasteiger partial charge in [-0.05, 0) is 42.5 Å². The first-order valence-corrected chi connectivity index (χ1v) is 14.1. The fourth-order valence-corrected chi connectivity index (χ4v) is 6.48. The van der Waals surface area contributed by atoms with Gasteiger partial charge in [-0.1, -0.05) is 48.9 Å². The van der Waals surface area contributed by atoms with Crippen molar-refractivity contribution in [2.75, 3.05) is 52.5 Å². The van der Waals surface area contributed by atoms with Crippen molar-refractivity contribution >= 4 is 27.4 Å². The van der Waals surface area contributed by atoms with Crippen LogP contribution in [0.15, 0.2) is 53.4 Å². The van der Waals surface area contributed by atoms with Crippen LogP contribution in [0.25, 0.3) is 0 Å². The van der Waals surface area contributed by atoms with E-state index in [0.717, 1.165) is 31.5 Å². The Kier molecular flexibility index (Phi) is 8.97. The lowest BCUT2D eigenvalue weighted by molar-refractivity contribution is 0.0162. The normalized spacial score (nSPS) is 19.5. The van der Waals surface area contributed by atoms with E-state index in [1.165, 1.54) is 10.4 Å². The summed E-state index contributed by atoms with van der Waals surface area (Å²) < 4.78 is 33.2. The Balaban J connectivity index is 1.41. The predicted octanol–water partition coefficient (Wildman–Crippen LogP) is 3.61. The Morgan fingerprint density at radius 3 is 2.51 bits per heavy atom. The second kappa shape index (κ2) is 12.0. The topological polar surface area (TPSA) is 79.0 Å². The van der Waals surface area contributed by atoms with E-state index >= 15 is 0 Å². The van der Waals surface area contributed by atoms with E-state index in [2.05, 4.69) is 17.1 Å². The molecule has 7 nitrogen and oxygen atoms in total. The first kappa shape index (κ1) is 26.3. The van der Waals surface area contributed by atoms with Gasteiger partial charge in [0.2, 0.25) is 10.0 Å². The number of Topliss-reactive ketones (excluding diaryl/α,β-unsaturated/α-hetero) is 1. The summed E-state index contributed by atoms with van der Waals surface area (Å²) in [5.74, 6) is 0.390. The number of carbonyl (C=O) groups excluding carboxylic acids is 1. The summed E-state index contributed by atoms with van der Waals surface area (Å²) in [6.45, 7) is 6.75. The van der Waals surface area contributed by atoms with Gasteiger partial charge in [0, 0.05) is 49.4 Å². The summed E-state index contributed by atoms with van der Waals surface area (Å²) in [4.78, 5) is 15.5. The number of piperidine rings is 1. The lowest BCUT2D eigenvalue weighted by Crippen LogP contribution is -2.43. The van der Waals surface area contributed by atoms with Gasteiger partial charge in [-0.15, -0.1) is 0 Å². The van der Waals surface area contributed by atoms with Gasteiger partial charge in [-0.25, -0.2) is 8.42 Å². The van der Waals surface area contributed by atoms with E-state index < -0.39 is 10.0 Å². The van der Waals surface area contributed by atoms with E-state index in [-0.39, 0.29) is 23.3 Å². The van der Waals surface area contributed by atoms with Gasteiger partial charge in [0.25, 0.3) is 0 Å². The Hall–Kier alpha value is -1.81. The maximum Gasteiger partial charge on any atom is 0.243 e. The van der Waals surface area contributed by atoms with Crippen LogP contribution in [0.3, 0.4) is 0 Å². The zero-order valence-corrected chi connectivity index (χ0v) is 21.7. The Labute approximate surface area is 213 Å². The van der Waals surface area contributed by atoms with Crippen LogP contribution in [-0.4, -0.2) is 75.9 Å². The molecule has 1 N–H and O–H groups in total. The summed E-state index contributed by atoms with van der Waals surface area (Å²) in [5.41, 5.74) is 1.41. The van der Waals surface area contributed by atoms with Crippen LogP contribution in [0.2, 0.25) is 5.02 Å². The van der Waals surface area contributed by atoms with Gasteiger partial charge in [0.1, 0.15) is 0 Å². The smallest absolute Gasteiger partial charge is 0.243 e. The Bertz CT molecular complexity index is 1110. The summed E-state index contributed by atoms with van der Waals surface area (Å²) in [6, 6.07) is 14.2. The Morgan fingerprint density at radius 2 is 1.80 bits per heavy atom. The van der Waals surface area contributed by atoms with E-state index in [1.54, 1.807) is 18.2 Å². The van der Waals surface area contributed by atoms with Crippen LogP contribution in [0, 0.1) is 5.92 Å². The molecular weight excluding hydrogens is 486 g/mol. The van der Waals surface area contributed by atoms with Crippen LogP contribution in [0.1, 0.15) is 41.7 Å². The number of ketones is 1. The molecule has 0 bridgehead atoms. The minimum absolute atomic E-state index is 0.00797. The van der Waals surface area contributed by atoms with E-state index in [4.69, 9.17) is 16.3 Å². The fraction of sp³-hybridized carbons (Fsp3) is 0.500. The minimum Gasteiger partial charge on any atom is -0.379 e. The average Bonchev–Trinajstić information content (AvgIpc) is 2.88. The van der Waals surface area contributed by atoms with Crippen molar-refractivity contribution in [3.8, 4) is 0 Å². The quantitative estimate of drug-likeness (QED) is 0.510. The van der Waals surface area contributed by atoms with Gasteiger partial charge in [-0.2, -0.15) is 4.31 Å². The highest BCUT2D eigenvalue weighted by Gasteiger charge is 2.29. The van der Waals surface area contributed by atoms with Gasteiger partial charge in [0.05, 0.1) is 24.7 Å².